The molecule has 166 valence electrons. The Bertz CT molecular complexity index is 798. The summed E-state index contributed by atoms with van der Waals surface area (Å²) in [6.45, 7) is 1.61. The molecule has 3 atom stereocenters. The van der Waals surface area contributed by atoms with E-state index in [1.807, 2.05) is 6.92 Å². The topological polar surface area (TPSA) is 127 Å². The Morgan fingerprint density at radius 1 is 1.17 bits per heavy atom. The van der Waals surface area contributed by atoms with Crippen molar-refractivity contribution in [1.29, 1.82) is 0 Å². The monoisotopic (exact) mass is 428 g/mol. The molecule has 0 spiro atoms. The Morgan fingerprint density at radius 3 is 2.47 bits per heavy atom. The van der Waals surface area contributed by atoms with Crippen LogP contribution in [0.1, 0.15) is 65.3 Å². The van der Waals surface area contributed by atoms with Gasteiger partial charge in [0.1, 0.15) is 0 Å². The molecule has 1 aliphatic rings. The Hall–Kier alpha value is -2.62. The lowest BCUT2D eigenvalue weighted by molar-refractivity contribution is -0.137. The van der Waals surface area contributed by atoms with Crippen LogP contribution in [0.3, 0.4) is 0 Å². The summed E-state index contributed by atoms with van der Waals surface area (Å²) >= 11 is 0. The van der Waals surface area contributed by atoms with Crippen LogP contribution in [0.2, 0.25) is 0 Å². The molecule has 1 aromatic rings. The van der Waals surface area contributed by atoms with Crippen LogP contribution in [0.25, 0.3) is 0 Å². The van der Waals surface area contributed by atoms with E-state index in [1.165, 1.54) is 0 Å². The molecule has 7 nitrogen and oxygen atoms in total. The van der Waals surface area contributed by atoms with Gasteiger partial charge in [-0.1, -0.05) is 13.3 Å². The Kier molecular flexibility index (Phi) is 7.83. The Balaban J connectivity index is 2.04. The SMILES string of the molecule is CCC[C@@H]1C[C@H](N)CC[C@@H]1NC(=O)CNC(=O)c1cc(C(F)(F)F)ccc1C(N)=O. The van der Waals surface area contributed by atoms with Crippen LogP contribution in [-0.2, 0) is 11.0 Å². The van der Waals surface area contributed by atoms with Crippen LogP contribution >= 0.6 is 0 Å². The van der Waals surface area contributed by atoms with E-state index in [0.717, 1.165) is 38.2 Å². The minimum absolute atomic E-state index is 0.0658. The summed E-state index contributed by atoms with van der Waals surface area (Å²) in [5.74, 6) is -2.25. The van der Waals surface area contributed by atoms with Gasteiger partial charge in [-0.15, -0.1) is 0 Å². The van der Waals surface area contributed by atoms with E-state index in [1.54, 1.807) is 0 Å². The number of nitrogens with one attached hydrogen (secondary N) is 2. The lowest BCUT2D eigenvalue weighted by atomic mass is 9.79. The molecule has 3 amide bonds. The largest absolute Gasteiger partial charge is 0.416 e. The highest BCUT2D eigenvalue weighted by Crippen LogP contribution is 2.30. The number of halogens is 3. The molecule has 30 heavy (non-hydrogen) atoms. The molecule has 0 unspecified atom stereocenters. The van der Waals surface area contributed by atoms with Crippen molar-refractivity contribution in [2.75, 3.05) is 6.54 Å². The maximum atomic E-state index is 12.9. The molecular weight excluding hydrogens is 401 g/mol. The highest BCUT2D eigenvalue weighted by atomic mass is 19.4. The van der Waals surface area contributed by atoms with E-state index in [-0.39, 0.29) is 23.6 Å². The summed E-state index contributed by atoms with van der Waals surface area (Å²) in [5, 5.41) is 5.14. The van der Waals surface area contributed by atoms with Crippen LogP contribution in [0.4, 0.5) is 13.2 Å². The van der Waals surface area contributed by atoms with Gasteiger partial charge in [-0.2, -0.15) is 13.2 Å². The summed E-state index contributed by atoms with van der Waals surface area (Å²) in [5.41, 5.74) is 9.18. The van der Waals surface area contributed by atoms with Crippen LogP contribution in [0, 0.1) is 5.92 Å². The number of benzene rings is 1. The van der Waals surface area contributed by atoms with Crippen molar-refractivity contribution < 1.29 is 27.6 Å². The average molecular weight is 428 g/mol. The number of carbonyl (C=O) groups is 3. The minimum atomic E-state index is -4.70. The maximum absolute atomic E-state index is 12.9. The fraction of sp³-hybridized carbons (Fsp3) is 0.550. The third-order valence-electron chi connectivity index (χ3n) is 5.30. The minimum Gasteiger partial charge on any atom is -0.366 e. The van der Waals surface area contributed by atoms with Gasteiger partial charge in [0.2, 0.25) is 11.8 Å². The van der Waals surface area contributed by atoms with Gasteiger partial charge in [-0.05, 0) is 49.8 Å². The van der Waals surface area contributed by atoms with Gasteiger partial charge < -0.3 is 22.1 Å². The number of primary amides is 1. The molecule has 0 aromatic heterocycles. The van der Waals surface area contributed by atoms with Crippen molar-refractivity contribution in [3.8, 4) is 0 Å². The van der Waals surface area contributed by atoms with E-state index in [2.05, 4.69) is 10.6 Å². The van der Waals surface area contributed by atoms with Crippen molar-refractivity contribution in [2.24, 2.45) is 17.4 Å². The molecule has 10 heteroatoms. The predicted octanol–water partition coefficient (Wildman–Crippen LogP) is 1.95. The van der Waals surface area contributed by atoms with Crippen LogP contribution < -0.4 is 22.1 Å². The number of alkyl halides is 3. The number of hydrogen-bond acceptors (Lipinski definition) is 4. The summed E-state index contributed by atoms with van der Waals surface area (Å²) < 4.78 is 38.8. The predicted molar refractivity (Wildman–Crippen MR) is 104 cm³/mol. The first kappa shape index (κ1) is 23.7. The smallest absolute Gasteiger partial charge is 0.366 e. The molecule has 2 rings (SSSR count). The second-order valence-electron chi connectivity index (χ2n) is 7.60. The van der Waals surface area contributed by atoms with Crippen LogP contribution in [0.15, 0.2) is 18.2 Å². The molecule has 1 saturated carbocycles. The Morgan fingerprint density at radius 2 is 1.87 bits per heavy atom. The highest BCUT2D eigenvalue weighted by Gasteiger charge is 2.33. The summed E-state index contributed by atoms with van der Waals surface area (Å²) in [7, 11) is 0. The molecular formula is C20H27F3N4O3. The van der Waals surface area contributed by atoms with Crippen molar-refractivity contribution in [1.82, 2.24) is 10.6 Å². The van der Waals surface area contributed by atoms with Crippen LogP contribution in [-0.4, -0.2) is 36.3 Å². The molecule has 1 aromatic carbocycles. The summed E-state index contributed by atoms with van der Waals surface area (Å²) in [6.07, 6.45) is -0.520. The molecule has 6 N–H and O–H groups in total. The van der Waals surface area contributed by atoms with Gasteiger partial charge in [-0.3, -0.25) is 14.4 Å². The van der Waals surface area contributed by atoms with Gasteiger partial charge in [0.15, 0.2) is 0 Å². The van der Waals surface area contributed by atoms with Gasteiger partial charge in [0.05, 0.1) is 23.2 Å². The van der Waals surface area contributed by atoms with E-state index < -0.39 is 41.6 Å². The fourth-order valence-electron chi connectivity index (χ4n) is 3.82. The second-order valence-corrected chi connectivity index (χ2v) is 7.60. The molecule has 0 saturated heterocycles. The first-order chi connectivity index (χ1) is 14.0. The lowest BCUT2D eigenvalue weighted by Crippen LogP contribution is -2.49. The van der Waals surface area contributed by atoms with Crippen molar-refractivity contribution in [3.63, 3.8) is 0 Å². The molecule has 0 aliphatic heterocycles. The normalized spacial score (nSPS) is 21.7. The van der Waals surface area contributed by atoms with Gasteiger partial charge >= 0.3 is 6.18 Å². The number of amides is 3. The molecule has 0 heterocycles. The zero-order chi connectivity index (χ0) is 22.5. The number of nitrogens with two attached hydrogens (primary N) is 2. The summed E-state index contributed by atoms with van der Waals surface area (Å²) in [4.78, 5) is 36.2. The maximum Gasteiger partial charge on any atom is 0.416 e. The third-order valence-corrected chi connectivity index (χ3v) is 5.30. The second kappa shape index (κ2) is 9.92. The number of rotatable bonds is 7. The zero-order valence-electron chi connectivity index (χ0n) is 16.7. The molecule has 0 radical (unpaired) electrons. The molecule has 1 aliphatic carbocycles. The fourth-order valence-corrected chi connectivity index (χ4v) is 3.82. The number of carbonyl (C=O) groups excluding carboxylic acids is 3. The van der Waals surface area contributed by atoms with E-state index in [0.29, 0.717) is 12.1 Å². The summed E-state index contributed by atoms with van der Waals surface area (Å²) in [6, 6.07) is 2.10. The zero-order valence-corrected chi connectivity index (χ0v) is 16.7. The van der Waals surface area contributed by atoms with E-state index in [9.17, 15) is 27.6 Å². The van der Waals surface area contributed by atoms with E-state index in [4.69, 9.17) is 11.5 Å². The Labute approximate surface area is 172 Å². The van der Waals surface area contributed by atoms with Crippen molar-refractivity contribution in [2.45, 2.75) is 57.3 Å². The number of hydrogen-bond donors (Lipinski definition) is 4. The third kappa shape index (κ3) is 6.19. The van der Waals surface area contributed by atoms with E-state index >= 15 is 0 Å². The van der Waals surface area contributed by atoms with Crippen molar-refractivity contribution >= 4 is 17.7 Å². The van der Waals surface area contributed by atoms with Crippen molar-refractivity contribution in [3.05, 3.63) is 34.9 Å². The average Bonchev–Trinajstić information content (AvgIpc) is 2.67. The first-order valence-electron chi connectivity index (χ1n) is 9.87. The first-order valence-corrected chi connectivity index (χ1v) is 9.87. The standard InChI is InChI=1S/C20H27F3N4O3/c1-2-3-11-8-13(24)5-7-16(11)27-17(28)10-26-19(30)15-9-12(20(21,22)23)4-6-14(15)18(25)29/h4,6,9,11,13,16H,2-3,5,7-8,10,24H2,1H3,(H2,25,29)(H,26,30)(H,27,28)/t11-,13-,16+/m1/s1. The van der Waals surface area contributed by atoms with Crippen LogP contribution in [0.5, 0.6) is 0 Å². The quantitative estimate of drug-likeness (QED) is 0.529. The molecule has 0 bridgehead atoms. The lowest BCUT2D eigenvalue weighted by Gasteiger charge is -2.35. The van der Waals surface area contributed by atoms with Gasteiger partial charge in [0.25, 0.3) is 5.91 Å². The van der Waals surface area contributed by atoms with Gasteiger partial charge in [0, 0.05) is 12.1 Å². The molecule has 1 fully saturated rings. The highest BCUT2D eigenvalue weighted by molar-refractivity contribution is 6.07. The van der Waals surface area contributed by atoms with Gasteiger partial charge in [-0.25, -0.2) is 0 Å².